The monoisotopic (exact) mass is 531 g/mol. The van der Waals surface area contributed by atoms with Gasteiger partial charge < -0.3 is 9.47 Å². The number of pyridine rings is 2. The number of ether oxygens (including phenoxy) is 2. The van der Waals surface area contributed by atoms with E-state index in [0.29, 0.717) is 35.9 Å². The summed E-state index contributed by atoms with van der Waals surface area (Å²) in [4.78, 5) is 21.5. The first-order valence-electron chi connectivity index (χ1n) is 12.0. The Labute approximate surface area is 219 Å². The van der Waals surface area contributed by atoms with Gasteiger partial charge in [-0.25, -0.2) is 19.1 Å². The van der Waals surface area contributed by atoms with Crippen LogP contribution >= 0.6 is 0 Å². The summed E-state index contributed by atoms with van der Waals surface area (Å²) in [7, 11) is -4.22. The van der Waals surface area contributed by atoms with E-state index in [1.165, 1.54) is 30.3 Å². The summed E-state index contributed by atoms with van der Waals surface area (Å²) in [6.07, 6.45) is 1.95. The van der Waals surface area contributed by atoms with Gasteiger partial charge in [-0.1, -0.05) is 26.8 Å². The average molecular weight is 532 g/mol. The average Bonchev–Trinajstić information content (AvgIpc) is 3.58. The number of carbonyl (C=O) groups is 1. The van der Waals surface area contributed by atoms with Crippen LogP contribution in [0.3, 0.4) is 0 Å². The number of nitrogens with zero attached hydrogens (tertiary/aromatic N) is 2. The van der Waals surface area contributed by atoms with E-state index < -0.39 is 21.7 Å². The number of nitrogens with one attached hydrogen (secondary N) is 1. The van der Waals surface area contributed by atoms with Gasteiger partial charge in [-0.15, -0.1) is 0 Å². The van der Waals surface area contributed by atoms with E-state index in [9.17, 15) is 17.6 Å². The molecule has 0 bridgehead atoms. The number of carbonyl (C=O) groups excluding carboxylic acids is 1. The summed E-state index contributed by atoms with van der Waals surface area (Å²) in [5.41, 5.74) is 1.20. The molecule has 1 saturated carbocycles. The van der Waals surface area contributed by atoms with Crippen LogP contribution in [-0.2, 0) is 10.0 Å². The van der Waals surface area contributed by atoms with Gasteiger partial charge in [-0.05, 0) is 62.1 Å². The van der Waals surface area contributed by atoms with Crippen molar-refractivity contribution in [3.8, 4) is 22.9 Å². The topological polar surface area (TPSA) is 107 Å². The van der Waals surface area contributed by atoms with Gasteiger partial charge >= 0.3 is 0 Å². The maximum Gasteiger partial charge on any atom is 0.281 e. The lowest BCUT2D eigenvalue weighted by atomic mass is 10.1. The highest BCUT2D eigenvalue weighted by atomic mass is 32.2. The molecule has 1 aliphatic carbocycles. The van der Waals surface area contributed by atoms with E-state index in [0.717, 1.165) is 12.8 Å². The lowest BCUT2D eigenvalue weighted by Gasteiger charge is -2.15. The van der Waals surface area contributed by atoms with Gasteiger partial charge in [0, 0.05) is 25.6 Å². The van der Waals surface area contributed by atoms with Crippen LogP contribution in [0.1, 0.15) is 52.5 Å². The highest BCUT2D eigenvalue weighted by molar-refractivity contribution is 7.90. The molecule has 10 heteroatoms. The number of benzene rings is 1. The second kappa shape index (κ2) is 10.5. The number of aryl methyl sites for hydroxylation is 1. The third-order valence-corrected chi connectivity index (χ3v) is 7.11. The Hall–Kier alpha value is -3.53. The maximum atomic E-state index is 14.4. The zero-order valence-electron chi connectivity index (χ0n) is 21.2. The fourth-order valence-corrected chi connectivity index (χ4v) is 4.42. The van der Waals surface area contributed by atoms with Crippen molar-refractivity contribution in [2.24, 2.45) is 11.3 Å². The Kier molecular flexibility index (Phi) is 7.49. The zero-order valence-corrected chi connectivity index (χ0v) is 22.1. The van der Waals surface area contributed by atoms with Crippen LogP contribution in [0.2, 0.25) is 0 Å². The van der Waals surface area contributed by atoms with Crippen molar-refractivity contribution in [3.05, 3.63) is 65.6 Å². The van der Waals surface area contributed by atoms with Gasteiger partial charge in [0.2, 0.25) is 5.88 Å². The molecule has 1 amide bonds. The molecule has 0 spiro atoms. The highest BCUT2D eigenvalue weighted by Gasteiger charge is 2.38. The number of rotatable bonds is 10. The van der Waals surface area contributed by atoms with E-state index in [2.05, 4.69) is 16.9 Å². The van der Waals surface area contributed by atoms with E-state index >= 15 is 0 Å². The van der Waals surface area contributed by atoms with E-state index in [-0.39, 0.29) is 30.7 Å². The van der Waals surface area contributed by atoms with E-state index in [4.69, 9.17) is 9.47 Å². The largest absolute Gasteiger partial charge is 0.493 e. The minimum atomic E-state index is -4.22. The first-order valence-corrected chi connectivity index (χ1v) is 13.5. The Morgan fingerprint density at radius 2 is 1.89 bits per heavy atom. The lowest BCUT2D eigenvalue weighted by Crippen LogP contribution is -2.32. The molecule has 0 atom stereocenters. The van der Waals surface area contributed by atoms with Crippen molar-refractivity contribution in [2.45, 2.75) is 45.6 Å². The number of halogens is 1. The molecular weight excluding hydrogens is 497 g/mol. The summed E-state index contributed by atoms with van der Waals surface area (Å²) in [5.74, 6) is -0.817. The smallest absolute Gasteiger partial charge is 0.281 e. The molecule has 1 fully saturated rings. The van der Waals surface area contributed by atoms with E-state index in [1.54, 1.807) is 25.1 Å². The van der Waals surface area contributed by atoms with Crippen LogP contribution in [0, 0.1) is 24.1 Å². The fourth-order valence-electron chi connectivity index (χ4n) is 3.44. The quantitative estimate of drug-likeness (QED) is 0.372. The molecule has 2 heterocycles. The van der Waals surface area contributed by atoms with Crippen molar-refractivity contribution in [2.75, 3.05) is 13.2 Å². The summed E-state index contributed by atoms with van der Waals surface area (Å²) in [5, 5.41) is -0.271. The Morgan fingerprint density at radius 1 is 1.14 bits per heavy atom. The summed E-state index contributed by atoms with van der Waals surface area (Å²) in [6.45, 7) is 8.42. The first kappa shape index (κ1) is 26.5. The summed E-state index contributed by atoms with van der Waals surface area (Å²) >= 11 is 0. The molecule has 37 heavy (non-hydrogen) atoms. The number of hydrogen-bond donors (Lipinski definition) is 1. The van der Waals surface area contributed by atoms with Crippen LogP contribution in [0.25, 0.3) is 11.3 Å². The molecule has 200 valence electrons. The second-order valence-corrected chi connectivity index (χ2v) is 11.7. The number of sulfonamides is 1. The molecule has 0 radical (unpaired) electrons. The Bertz CT molecular complexity index is 1430. The third-order valence-electron chi connectivity index (χ3n) is 5.88. The first-order chi connectivity index (χ1) is 17.4. The molecule has 8 nitrogen and oxygen atoms in total. The van der Waals surface area contributed by atoms with Crippen LogP contribution in [0.4, 0.5) is 4.39 Å². The van der Waals surface area contributed by atoms with E-state index in [1.807, 2.05) is 18.6 Å². The minimum Gasteiger partial charge on any atom is -0.493 e. The van der Waals surface area contributed by atoms with Gasteiger partial charge in [-0.3, -0.25) is 4.79 Å². The number of aromatic nitrogens is 2. The summed E-state index contributed by atoms with van der Waals surface area (Å²) in [6, 6.07) is 11.7. The molecular formula is C27H34FN3O5S. The molecule has 0 unspecified atom stereocenters. The fraction of sp³-hybridized carbons (Fsp3) is 0.370. The molecule has 1 aliphatic rings. The Balaban J connectivity index is 0.00000267. The van der Waals surface area contributed by atoms with Crippen molar-refractivity contribution >= 4 is 15.9 Å². The molecule has 3 aromatic rings. The predicted octanol–water partition coefficient (Wildman–Crippen LogP) is 5.42. The van der Waals surface area contributed by atoms with Crippen molar-refractivity contribution in [1.29, 1.82) is 0 Å². The van der Waals surface area contributed by atoms with Gasteiger partial charge in [-0.2, -0.15) is 8.42 Å². The molecule has 1 aromatic carbocycles. The van der Waals surface area contributed by atoms with Gasteiger partial charge in [0.25, 0.3) is 15.9 Å². The standard InChI is InChI=1S/C27H30FN3O5S.2H2/c1-17(2)15-35-21-13-19(12-20(28)14-21)23-9-8-22(26(30-23)36-16-27(4)10-11-27)25(32)31-37(33,34)24-7-5-6-18(3)29-24;;/h5-9,12-14,17H,10-11,15-16H2,1-4H3,(H,31,32);2*1H. The Morgan fingerprint density at radius 3 is 2.57 bits per heavy atom. The van der Waals surface area contributed by atoms with Crippen molar-refractivity contribution in [1.82, 2.24) is 14.7 Å². The van der Waals surface area contributed by atoms with Gasteiger partial charge in [0.05, 0.1) is 18.9 Å². The maximum absolute atomic E-state index is 14.4. The second-order valence-electron chi connectivity index (χ2n) is 10.1. The lowest BCUT2D eigenvalue weighted by molar-refractivity contribution is 0.0974. The van der Waals surface area contributed by atoms with Crippen LogP contribution in [0.5, 0.6) is 11.6 Å². The molecule has 4 rings (SSSR count). The third kappa shape index (κ3) is 6.82. The van der Waals surface area contributed by atoms with Crippen molar-refractivity contribution < 1.29 is 29.9 Å². The van der Waals surface area contributed by atoms with Crippen LogP contribution in [-0.4, -0.2) is 37.5 Å². The van der Waals surface area contributed by atoms with Gasteiger partial charge in [0.1, 0.15) is 17.1 Å². The minimum absolute atomic E-state index is 0. The normalized spacial score (nSPS) is 14.3. The zero-order chi connectivity index (χ0) is 26.8. The van der Waals surface area contributed by atoms with Crippen LogP contribution < -0.4 is 14.2 Å². The highest BCUT2D eigenvalue weighted by Crippen LogP contribution is 2.45. The predicted molar refractivity (Wildman–Crippen MR) is 141 cm³/mol. The number of amides is 1. The molecule has 1 N–H and O–H groups in total. The van der Waals surface area contributed by atoms with Crippen LogP contribution in [0.15, 0.2) is 53.6 Å². The molecule has 0 aliphatic heterocycles. The number of hydrogen-bond acceptors (Lipinski definition) is 7. The SMILES string of the molecule is Cc1cccc(S(=O)(=O)NC(=O)c2ccc(-c3cc(F)cc(OCC(C)C)c3)nc2OCC2(C)CC2)n1.[HH].[HH]. The molecule has 0 saturated heterocycles. The van der Waals surface area contributed by atoms with Gasteiger partial charge in [0.15, 0.2) is 5.03 Å². The summed E-state index contributed by atoms with van der Waals surface area (Å²) < 4.78 is 53.5. The molecule has 2 aromatic heterocycles. The van der Waals surface area contributed by atoms with Crippen molar-refractivity contribution in [3.63, 3.8) is 0 Å².